The SMILES string of the molecule is CN1CCC(CCNc2c(F)cc(N)cc2F)CC1. The maximum absolute atomic E-state index is 13.5. The fourth-order valence-electron chi connectivity index (χ4n) is 2.51. The third-order valence-corrected chi connectivity index (χ3v) is 3.76. The molecule has 5 heteroatoms. The van der Waals surface area contributed by atoms with E-state index in [-0.39, 0.29) is 11.4 Å². The van der Waals surface area contributed by atoms with Crippen LogP contribution in [0.4, 0.5) is 20.2 Å². The lowest BCUT2D eigenvalue weighted by atomic mass is 9.94. The maximum atomic E-state index is 13.5. The van der Waals surface area contributed by atoms with E-state index in [2.05, 4.69) is 17.3 Å². The number of halogens is 2. The minimum absolute atomic E-state index is 0.0675. The quantitative estimate of drug-likeness (QED) is 0.826. The highest BCUT2D eigenvalue weighted by atomic mass is 19.1. The molecule has 2 rings (SSSR count). The molecule has 0 saturated carbocycles. The van der Waals surface area contributed by atoms with E-state index < -0.39 is 11.6 Å². The monoisotopic (exact) mass is 269 g/mol. The fourth-order valence-corrected chi connectivity index (χ4v) is 2.51. The van der Waals surface area contributed by atoms with E-state index in [1.807, 2.05) is 0 Å². The third-order valence-electron chi connectivity index (χ3n) is 3.76. The van der Waals surface area contributed by atoms with Gasteiger partial charge in [0.2, 0.25) is 0 Å². The first kappa shape index (κ1) is 14.1. The van der Waals surface area contributed by atoms with Crippen LogP contribution in [0.2, 0.25) is 0 Å². The Balaban J connectivity index is 1.83. The number of hydrogen-bond donors (Lipinski definition) is 2. The second-order valence-corrected chi connectivity index (χ2v) is 5.32. The standard InChI is InChI=1S/C14H21F2N3/c1-19-6-3-10(4-7-19)2-5-18-14-12(15)8-11(17)9-13(14)16/h8-10,18H,2-7,17H2,1H3. The van der Waals surface area contributed by atoms with Crippen molar-refractivity contribution in [1.29, 1.82) is 0 Å². The van der Waals surface area contributed by atoms with Crippen molar-refractivity contribution >= 4 is 11.4 Å². The van der Waals surface area contributed by atoms with Crippen LogP contribution in [0.25, 0.3) is 0 Å². The Morgan fingerprint density at radius 3 is 2.42 bits per heavy atom. The average molecular weight is 269 g/mol. The molecule has 0 bridgehead atoms. The molecule has 0 amide bonds. The third kappa shape index (κ3) is 3.80. The molecule has 1 heterocycles. The molecule has 0 spiro atoms. The van der Waals surface area contributed by atoms with Gasteiger partial charge in [-0.1, -0.05) is 0 Å². The molecule has 1 aliphatic heterocycles. The molecular formula is C14H21F2N3. The Morgan fingerprint density at radius 1 is 1.26 bits per heavy atom. The zero-order valence-electron chi connectivity index (χ0n) is 11.3. The number of likely N-dealkylation sites (tertiary alicyclic amines) is 1. The van der Waals surface area contributed by atoms with Gasteiger partial charge in [0.1, 0.15) is 5.69 Å². The highest BCUT2D eigenvalue weighted by molar-refractivity contribution is 5.53. The fraction of sp³-hybridized carbons (Fsp3) is 0.571. The first-order valence-corrected chi connectivity index (χ1v) is 6.73. The lowest BCUT2D eigenvalue weighted by Gasteiger charge is -2.29. The van der Waals surface area contributed by atoms with E-state index in [1.54, 1.807) is 0 Å². The van der Waals surface area contributed by atoms with Crippen LogP contribution in [-0.4, -0.2) is 31.6 Å². The topological polar surface area (TPSA) is 41.3 Å². The van der Waals surface area contributed by atoms with Crippen molar-refractivity contribution < 1.29 is 8.78 Å². The molecule has 3 nitrogen and oxygen atoms in total. The molecule has 0 atom stereocenters. The summed E-state index contributed by atoms with van der Waals surface area (Å²) in [6.07, 6.45) is 3.26. The lowest BCUT2D eigenvalue weighted by Crippen LogP contribution is -2.30. The van der Waals surface area contributed by atoms with Crippen molar-refractivity contribution in [1.82, 2.24) is 4.90 Å². The molecule has 19 heavy (non-hydrogen) atoms. The van der Waals surface area contributed by atoms with Crippen LogP contribution in [0.15, 0.2) is 12.1 Å². The molecule has 1 aliphatic rings. The van der Waals surface area contributed by atoms with Gasteiger partial charge in [0.25, 0.3) is 0 Å². The number of anilines is 2. The molecule has 0 aliphatic carbocycles. The van der Waals surface area contributed by atoms with Crippen molar-refractivity contribution in [3.63, 3.8) is 0 Å². The highest BCUT2D eigenvalue weighted by Gasteiger charge is 2.17. The van der Waals surface area contributed by atoms with Crippen molar-refractivity contribution in [3.8, 4) is 0 Å². The van der Waals surface area contributed by atoms with Crippen LogP contribution in [0, 0.1) is 17.6 Å². The molecule has 0 unspecified atom stereocenters. The zero-order chi connectivity index (χ0) is 13.8. The van der Waals surface area contributed by atoms with Crippen LogP contribution in [0.3, 0.4) is 0 Å². The second kappa shape index (κ2) is 6.19. The van der Waals surface area contributed by atoms with Gasteiger partial charge in [0, 0.05) is 12.2 Å². The normalized spacial score (nSPS) is 17.6. The summed E-state index contributed by atoms with van der Waals surface area (Å²) >= 11 is 0. The molecular weight excluding hydrogens is 248 g/mol. The Hall–Kier alpha value is -1.36. The number of nitrogen functional groups attached to an aromatic ring is 1. The minimum atomic E-state index is -0.624. The van der Waals surface area contributed by atoms with E-state index in [0.717, 1.165) is 44.5 Å². The first-order valence-electron chi connectivity index (χ1n) is 6.73. The molecule has 1 fully saturated rings. The van der Waals surface area contributed by atoms with Gasteiger partial charge < -0.3 is 16.0 Å². The summed E-state index contributed by atoms with van der Waals surface area (Å²) in [6, 6.07) is 2.28. The predicted molar refractivity (Wildman–Crippen MR) is 74.1 cm³/mol. The van der Waals surface area contributed by atoms with E-state index in [4.69, 9.17) is 5.73 Å². The molecule has 0 aromatic heterocycles. The summed E-state index contributed by atoms with van der Waals surface area (Å²) in [4.78, 5) is 2.31. The van der Waals surface area contributed by atoms with Gasteiger partial charge in [-0.15, -0.1) is 0 Å². The summed E-state index contributed by atoms with van der Waals surface area (Å²) in [7, 11) is 2.12. The van der Waals surface area contributed by atoms with Crippen molar-refractivity contribution in [2.24, 2.45) is 5.92 Å². The number of piperidine rings is 1. The number of rotatable bonds is 4. The van der Waals surface area contributed by atoms with Crippen molar-refractivity contribution in [3.05, 3.63) is 23.8 Å². The number of benzene rings is 1. The Morgan fingerprint density at radius 2 is 1.84 bits per heavy atom. The molecule has 1 aromatic carbocycles. The largest absolute Gasteiger partial charge is 0.399 e. The lowest BCUT2D eigenvalue weighted by molar-refractivity contribution is 0.215. The summed E-state index contributed by atoms with van der Waals surface area (Å²) < 4.78 is 27.1. The predicted octanol–water partition coefficient (Wildman–Crippen LogP) is 2.69. The molecule has 1 aromatic rings. The van der Waals surface area contributed by atoms with Crippen LogP contribution in [0.1, 0.15) is 19.3 Å². The van der Waals surface area contributed by atoms with Crippen molar-refractivity contribution in [2.45, 2.75) is 19.3 Å². The van der Waals surface area contributed by atoms with Gasteiger partial charge in [-0.05, 0) is 57.5 Å². The van der Waals surface area contributed by atoms with Crippen LogP contribution in [-0.2, 0) is 0 Å². The van der Waals surface area contributed by atoms with E-state index in [1.165, 1.54) is 0 Å². The number of nitrogens with zero attached hydrogens (tertiary/aromatic N) is 1. The summed E-state index contributed by atoms with van der Waals surface area (Å²) in [6.45, 7) is 2.80. The Labute approximate surface area is 112 Å². The van der Waals surface area contributed by atoms with Gasteiger partial charge in [-0.3, -0.25) is 0 Å². The van der Waals surface area contributed by atoms with Crippen molar-refractivity contribution in [2.75, 3.05) is 37.7 Å². The number of hydrogen-bond acceptors (Lipinski definition) is 3. The van der Waals surface area contributed by atoms with Crippen LogP contribution < -0.4 is 11.1 Å². The maximum Gasteiger partial charge on any atom is 0.151 e. The summed E-state index contributed by atoms with van der Waals surface area (Å²) in [5.74, 6) is -0.606. The van der Waals surface area contributed by atoms with Crippen LogP contribution in [0.5, 0.6) is 0 Å². The molecule has 106 valence electrons. The van der Waals surface area contributed by atoms with E-state index >= 15 is 0 Å². The average Bonchev–Trinajstić information content (AvgIpc) is 2.34. The molecule has 3 N–H and O–H groups in total. The Bertz CT molecular complexity index is 406. The summed E-state index contributed by atoms with van der Waals surface area (Å²) in [5.41, 5.74) is 5.41. The van der Waals surface area contributed by atoms with Gasteiger partial charge >= 0.3 is 0 Å². The van der Waals surface area contributed by atoms with E-state index in [9.17, 15) is 8.78 Å². The summed E-state index contributed by atoms with van der Waals surface area (Å²) in [5, 5.41) is 2.85. The highest BCUT2D eigenvalue weighted by Crippen LogP contribution is 2.23. The molecule has 0 radical (unpaired) electrons. The minimum Gasteiger partial charge on any atom is -0.399 e. The molecule has 1 saturated heterocycles. The van der Waals surface area contributed by atoms with E-state index in [0.29, 0.717) is 12.5 Å². The van der Waals surface area contributed by atoms with Gasteiger partial charge in [-0.2, -0.15) is 0 Å². The Kier molecular flexibility index (Phi) is 4.58. The van der Waals surface area contributed by atoms with Gasteiger partial charge in [-0.25, -0.2) is 8.78 Å². The van der Waals surface area contributed by atoms with Crippen LogP contribution >= 0.6 is 0 Å². The zero-order valence-corrected chi connectivity index (χ0v) is 11.3. The second-order valence-electron chi connectivity index (χ2n) is 5.32. The number of nitrogens with two attached hydrogens (primary N) is 1. The first-order chi connectivity index (χ1) is 9.06. The smallest absolute Gasteiger partial charge is 0.151 e. The number of nitrogens with one attached hydrogen (secondary N) is 1. The van der Waals surface area contributed by atoms with Gasteiger partial charge in [0.05, 0.1) is 0 Å². The van der Waals surface area contributed by atoms with Gasteiger partial charge in [0.15, 0.2) is 11.6 Å².